The Morgan fingerprint density at radius 3 is 2.37 bits per heavy atom. The van der Waals surface area contributed by atoms with Crippen molar-refractivity contribution in [3.05, 3.63) is 40.4 Å². The maximum absolute atomic E-state index is 11.7. The van der Waals surface area contributed by atoms with Gasteiger partial charge in [-0.3, -0.25) is 9.59 Å². The van der Waals surface area contributed by atoms with Gasteiger partial charge in [0.2, 0.25) is 11.8 Å². The Morgan fingerprint density at radius 2 is 1.70 bits per heavy atom. The highest BCUT2D eigenvalue weighted by Gasteiger charge is 2.15. The fraction of sp³-hybridized carbons (Fsp3) is 0.421. The lowest BCUT2D eigenvalue weighted by atomic mass is 10.2. The smallest absolute Gasteiger partial charge is 0.407 e. The Balaban J connectivity index is 2.15. The van der Waals surface area contributed by atoms with Gasteiger partial charge in [-0.25, -0.2) is 4.79 Å². The van der Waals surface area contributed by atoms with Crippen LogP contribution in [0.2, 0.25) is 0 Å². The molecule has 27 heavy (non-hydrogen) atoms. The number of carbonyl (C=O) groups is 3. The first-order valence-electron chi connectivity index (χ1n) is 8.61. The van der Waals surface area contributed by atoms with E-state index in [1.54, 1.807) is 26.8 Å². The summed E-state index contributed by atoms with van der Waals surface area (Å²) >= 11 is 3.41. The van der Waals surface area contributed by atoms with E-state index in [2.05, 4.69) is 31.9 Å². The van der Waals surface area contributed by atoms with Crippen molar-refractivity contribution in [1.82, 2.24) is 16.0 Å². The van der Waals surface area contributed by atoms with E-state index in [4.69, 9.17) is 4.74 Å². The van der Waals surface area contributed by atoms with Crippen LogP contribution >= 0.6 is 15.9 Å². The number of carbonyl (C=O) groups excluding carboxylic acids is 3. The van der Waals surface area contributed by atoms with Gasteiger partial charge in [-0.15, -0.1) is 0 Å². The van der Waals surface area contributed by atoms with Gasteiger partial charge in [0.15, 0.2) is 0 Å². The molecule has 0 bridgehead atoms. The molecule has 0 heterocycles. The summed E-state index contributed by atoms with van der Waals surface area (Å²) in [5.41, 5.74) is 0.328. The van der Waals surface area contributed by atoms with Gasteiger partial charge in [-0.2, -0.15) is 0 Å². The van der Waals surface area contributed by atoms with E-state index in [0.29, 0.717) is 13.1 Å². The Kier molecular flexibility index (Phi) is 9.56. The minimum Gasteiger partial charge on any atom is -0.444 e. The van der Waals surface area contributed by atoms with Crippen molar-refractivity contribution in [3.8, 4) is 0 Å². The van der Waals surface area contributed by atoms with E-state index in [0.717, 1.165) is 10.0 Å². The average Bonchev–Trinajstić information content (AvgIpc) is 2.56. The molecule has 0 spiro atoms. The Hall–Kier alpha value is -2.35. The number of rotatable bonds is 8. The first kappa shape index (κ1) is 22.7. The number of hydrogen-bond acceptors (Lipinski definition) is 4. The van der Waals surface area contributed by atoms with Crippen LogP contribution in [-0.2, 0) is 14.3 Å². The summed E-state index contributed by atoms with van der Waals surface area (Å²) in [5.74, 6) is -0.462. The van der Waals surface area contributed by atoms with Crippen molar-refractivity contribution in [2.75, 3.05) is 19.6 Å². The van der Waals surface area contributed by atoms with E-state index in [1.807, 2.05) is 24.3 Å². The van der Waals surface area contributed by atoms with Crippen LogP contribution in [0.5, 0.6) is 0 Å². The van der Waals surface area contributed by atoms with Crippen LogP contribution in [0, 0.1) is 0 Å². The van der Waals surface area contributed by atoms with Gasteiger partial charge < -0.3 is 20.7 Å². The molecule has 1 aromatic carbocycles. The van der Waals surface area contributed by atoms with Gasteiger partial charge in [-0.1, -0.05) is 34.1 Å². The van der Waals surface area contributed by atoms with Crippen LogP contribution in [0.25, 0.3) is 6.08 Å². The molecule has 0 aromatic heterocycles. The highest BCUT2D eigenvalue weighted by Crippen LogP contribution is 2.16. The van der Waals surface area contributed by atoms with E-state index in [-0.39, 0.29) is 24.8 Å². The molecule has 0 aliphatic heterocycles. The molecule has 0 saturated carbocycles. The third kappa shape index (κ3) is 11.1. The number of halogens is 1. The molecule has 1 rings (SSSR count). The quantitative estimate of drug-likeness (QED) is 0.428. The monoisotopic (exact) mass is 439 g/mol. The lowest BCUT2D eigenvalue weighted by Crippen LogP contribution is -2.37. The highest BCUT2D eigenvalue weighted by molar-refractivity contribution is 9.10. The molecule has 0 atom stereocenters. The van der Waals surface area contributed by atoms with E-state index in [9.17, 15) is 14.4 Å². The Labute approximate surface area is 168 Å². The molecule has 0 aliphatic carbocycles. The maximum Gasteiger partial charge on any atom is 0.407 e. The zero-order valence-corrected chi connectivity index (χ0v) is 17.4. The molecule has 0 unspecified atom stereocenters. The van der Waals surface area contributed by atoms with Crippen LogP contribution in [0.3, 0.4) is 0 Å². The third-order valence-electron chi connectivity index (χ3n) is 3.09. The first-order valence-corrected chi connectivity index (χ1v) is 9.40. The highest BCUT2D eigenvalue weighted by atomic mass is 79.9. The zero-order chi connectivity index (χ0) is 20.3. The van der Waals surface area contributed by atoms with E-state index < -0.39 is 11.7 Å². The predicted molar refractivity (Wildman–Crippen MR) is 108 cm³/mol. The fourth-order valence-electron chi connectivity index (χ4n) is 1.90. The van der Waals surface area contributed by atoms with E-state index in [1.165, 1.54) is 6.08 Å². The van der Waals surface area contributed by atoms with Crippen molar-refractivity contribution >= 4 is 39.9 Å². The first-order chi connectivity index (χ1) is 12.7. The van der Waals surface area contributed by atoms with Crippen molar-refractivity contribution in [1.29, 1.82) is 0 Å². The molecule has 0 aliphatic rings. The molecule has 0 fully saturated rings. The number of benzene rings is 1. The standard InChI is InChI=1S/C19H26BrN3O4/c1-19(2,3)27-18(26)23-11-10-17(25)22-13-12-21-16(24)9-8-14-6-4-5-7-15(14)20/h4-9H,10-13H2,1-3H3,(H,21,24)(H,22,25)(H,23,26)/b9-8+. The van der Waals surface area contributed by atoms with Gasteiger partial charge in [0.25, 0.3) is 0 Å². The molecule has 3 amide bonds. The van der Waals surface area contributed by atoms with Crippen LogP contribution in [0.15, 0.2) is 34.8 Å². The van der Waals surface area contributed by atoms with Crippen LogP contribution in [0.4, 0.5) is 4.79 Å². The van der Waals surface area contributed by atoms with Crippen molar-refractivity contribution in [2.45, 2.75) is 32.8 Å². The second-order valence-corrected chi connectivity index (χ2v) is 7.53. The van der Waals surface area contributed by atoms with Crippen molar-refractivity contribution in [2.24, 2.45) is 0 Å². The minimum absolute atomic E-state index is 0.134. The molecule has 148 valence electrons. The largest absolute Gasteiger partial charge is 0.444 e. The Bertz CT molecular complexity index is 684. The zero-order valence-electron chi connectivity index (χ0n) is 15.8. The molecular formula is C19H26BrN3O4. The fourth-order valence-corrected chi connectivity index (χ4v) is 2.32. The normalized spacial score (nSPS) is 11.1. The number of hydrogen-bond donors (Lipinski definition) is 3. The summed E-state index contributed by atoms with van der Waals surface area (Å²) in [6.07, 6.45) is 2.72. The van der Waals surface area contributed by atoms with Crippen molar-refractivity contribution in [3.63, 3.8) is 0 Å². The molecule has 8 heteroatoms. The second-order valence-electron chi connectivity index (χ2n) is 6.67. The molecule has 1 aromatic rings. The maximum atomic E-state index is 11.7. The van der Waals surface area contributed by atoms with Gasteiger partial charge in [0, 0.05) is 36.6 Å². The number of ether oxygens (including phenoxy) is 1. The van der Waals surface area contributed by atoms with Crippen LogP contribution < -0.4 is 16.0 Å². The number of alkyl carbamates (subject to hydrolysis) is 1. The summed E-state index contributed by atoms with van der Waals surface area (Å²) in [7, 11) is 0. The van der Waals surface area contributed by atoms with Gasteiger partial charge in [0.1, 0.15) is 5.60 Å². The SMILES string of the molecule is CC(C)(C)OC(=O)NCCC(=O)NCCNC(=O)/C=C/c1ccccc1Br. The van der Waals surface area contributed by atoms with Crippen LogP contribution in [0.1, 0.15) is 32.8 Å². The summed E-state index contributed by atoms with van der Waals surface area (Å²) in [4.78, 5) is 34.9. The Morgan fingerprint density at radius 1 is 1.04 bits per heavy atom. The summed E-state index contributed by atoms with van der Waals surface area (Å²) in [5, 5.41) is 7.86. The lowest BCUT2D eigenvalue weighted by Gasteiger charge is -2.19. The lowest BCUT2D eigenvalue weighted by molar-refractivity contribution is -0.121. The molecule has 0 radical (unpaired) electrons. The summed E-state index contributed by atoms with van der Waals surface area (Å²) in [6, 6.07) is 7.56. The number of nitrogens with one attached hydrogen (secondary N) is 3. The van der Waals surface area contributed by atoms with Crippen LogP contribution in [-0.4, -0.2) is 43.1 Å². The number of amides is 3. The molecular weight excluding hydrogens is 414 g/mol. The van der Waals surface area contributed by atoms with Gasteiger partial charge in [0.05, 0.1) is 0 Å². The van der Waals surface area contributed by atoms with Gasteiger partial charge >= 0.3 is 6.09 Å². The summed E-state index contributed by atoms with van der Waals surface area (Å²) in [6.45, 7) is 6.09. The molecule has 7 nitrogen and oxygen atoms in total. The van der Waals surface area contributed by atoms with E-state index >= 15 is 0 Å². The van der Waals surface area contributed by atoms with Gasteiger partial charge in [-0.05, 0) is 38.5 Å². The predicted octanol–water partition coefficient (Wildman–Crippen LogP) is 2.61. The topological polar surface area (TPSA) is 96.5 Å². The minimum atomic E-state index is -0.574. The third-order valence-corrected chi connectivity index (χ3v) is 3.81. The average molecular weight is 440 g/mol. The molecule has 0 saturated heterocycles. The molecule has 3 N–H and O–H groups in total. The van der Waals surface area contributed by atoms with Crippen molar-refractivity contribution < 1.29 is 19.1 Å². The summed E-state index contributed by atoms with van der Waals surface area (Å²) < 4.78 is 5.97. The second kappa shape index (κ2) is 11.4.